The number of halogens is 1. The van der Waals surface area contributed by atoms with E-state index in [1.165, 1.54) is 4.90 Å². The number of aliphatic hydroxyl groups is 1. The summed E-state index contributed by atoms with van der Waals surface area (Å²) in [6.45, 7) is 2.42. The molecule has 0 aliphatic carbocycles. The maximum absolute atomic E-state index is 13.5. The van der Waals surface area contributed by atoms with Crippen molar-refractivity contribution in [3.05, 3.63) is 33.6 Å². The van der Waals surface area contributed by atoms with Crippen molar-refractivity contribution in [3.63, 3.8) is 0 Å². The Hall–Kier alpha value is -2.22. The SMILES string of the molecule is CC(O)C1CCCN(C(=O)c2cc(F)cc([N+](=O)[O-])c2N)C1. The fourth-order valence-corrected chi connectivity index (χ4v) is 2.69. The number of benzene rings is 1. The Morgan fingerprint density at radius 1 is 1.59 bits per heavy atom. The molecule has 2 atom stereocenters. The molecular weight excluding hydrogens is 293 g/mol. The van der Waals surface area contributed by atoms with Gasteiger partial charge >= 0.3 is 0 Å². The zero-order chi connectivity index (χ0) is 16.4. The van der Waals surface area contributed by atoms with Crippen molar-refractivity contribution in [2.75, 3.05) is 18.8 Å². The summed E-state index contributed by atoms with van der Waals surface area (Å²) in [7, 11) is 0. The molecule has 8 heteroatoms. The smallest absolute Gasteiger partial charge is 0.295 e. The van der Waals surface area contributed by atoms with E-state index in [-0.39, 0.29) is 17.2 Å². The molecule has 1 amide bonds. The van der Waals surface area contributed by atoms with E-state index >= 15 is 0 Å². The number of nitro groups is 1. The number of piperidine rings is 1. The Labute approximate surface area is 126 Å². The first-order chi connectivity index (χ1) is 10.3. The maximum Gasteiger partial charge on any atom is 0.295 e. The van der Waals surface area contributed by atoms with Crippen LogP contribution in [-0.4, -0.2) is 40.0 Å². The molecule has 22 heavy (non-hydrogen) atoms. The van der Waals surface area contributed by atoms with Crippen LogP contribution in [0.15, 0.2) is 12.1 Å². The molecule has 1 fully saturated rings. The van der Waals surface area contributed by atoms with E-state index in [1.807, 2.05) is 0 Å². The van der Waals surface area contributed by atoms with Crippen molar-refractivity contribution in [2.24, 2.45) is 5.92 Å². The van der Waals surface area contributed by atoms with Crippen LogP contribution >= 0.6 is 0 Å². The number of hydrogen-bond acceptors (Lipinski definition) is 5. The molecule has 1 aliphatic heterocycles. The monoisotopic (exact) mass is 311 g/mol. The summed E-state index contributed by atoms with van der Waals surface area (Å²) < 4.78 is 13.5. The second kappa shape index (κ2) is 6.27. The normalized spacial score (nSPS) is 19.8. The number of anilines is 1. The average Bonchev–Trinajstić information content (AvgIpc) is 2.48. The predicted molar refractivity (Wildman–Crippen MR) is 77.8 cm³/mol. The second-order valence-corrected chi connectivity index (χ2v) is 5.54. The topological polar surface area (TPSA) is 110 Å². The lowest BCUT2D eigenvalue weighted by atomic mass is 9.93. The van der Waals surface area contributed by atoms with Gasteiger partial charge in [-0.15, -0.1) is 0 Å². The van der Waals surface area contributed by atoms with Crippen LogP contribution in [-0.2, 0) is 0 Å². The molecule has 1 aliphatic rings. The third-order valence-corrected chi connectivity index (χ3v) is 3.98. The molecule has 0 bridgehead atoms. The number of hydrogen-bond donors (Lipinski definition) is 2. The van der Waals surface area contributed by atoms with Crippen LogP contribution in [0, 0.1) is 21.8 Å². The summed E-state index contributed by atoms with van der Waals surface area (Å²) in [6.07, 6.45) is 0.938. The highest BCUT2D eigenvalue weighted by Crippen LogP contribution is 2.29. The average molecular weight is 311 g/mol. The third-order valence-electron chi connectivity index (χ3n) is 3.98. The Kier molecular flexibility index (Phi) is 4.60. The first-order valence-corrected chi connectivity index (χ1v) is 7.02. The summed E-state index contributed by atoms with van der Waals surface area (Å²) in [5, 5.41) is 20.5. The number of nitrogen functional groups attached to an aromatic ring is 1. The summed E-state index contributed by atoms with van der Waals surface area (Å²) in [5.41, 5.74) is 4.48. The minimum atomic E-state index is -0.881. The van der Waals surface area contributed by atoms with Gasteiger partial charge in [-0.05, 0) is 25.8 Å². The predicted octanol–water partition coefficient (Wildman–Crippen LogP) is 1.55. The van der Waals surface area contributed by atoms with E-state index in [9.17, 15) is 24.4 Å². The van der Waals surface area contributed by atoms with Crippen LogP contribution in [0.5, 0.6) is 0 Å². The highest BCUT2D eigenvalue weighted by atomic mass is 19.1. The van der Waals surface area contributed by atoms with Crippen molar-refractivity contribution >= 4 is 17.3 Å². The number of amides is 1. The minimum absolute atomic E-state index is 0.0672. The molecule has 1 heterocycles. The van der Waals surface area contributed by atoms with E-state index < -0.39 is 28.4 Å². The summed E-state index contributed by atoms with van der Waals surface area (Å²) in [5.74, 6) is -1.50. The van der Waals surface area contributed by atoms with Gasteiger partial charge in [0.05, 0.1) is 22.7 Å². The molecule has 1 aromatic carbocycles. The molecule has 1 aromatic rings. The number of nitrogens with two attached hydrogens (primary N) is 1. The Balaban J connectivity index is 2.31. The van der Waals surface area contributed by atoms with E-state index in [0.29, 0.717) is 25.6 Å². The number of nitro benzene ring substituents is 1. The van der Waals surface area contributed by atoms with Crippen LogP contribution in [0.25, 0.3) is 0 Å². The first-order valence-electron chi connectivity index (χ1n) is 7.02. The van der Waals surface area contributed by atoms with E-state index in [1.54, 1.807) is 6.92 Å². The van der Waals surface area contributed by atoms with Crippen LogP contribution < -0.4 is 5.73 Å². The highest BCUT2D eigenvalue weighted by Gasteiger charge is 2.30. The van der Waals surface area contributed by atoms with Crippen molar-refractivity contribution in [3.8, 4) is 0 Å². The van der Waals surface area contributed by atoms with Gasteiger partial charge in [0.15, 0.2) is 0 Å². The molecule has 1 saturated heterocycles. The van der Waals surface area contributed by atoms with Gasteiger partial charge in [-0.3, -0.25) is 14.9 Å². The molecule has 120 valence electrons. The molecule has 0 radical (unpaired) electrons. The second-order valence-electron chi connectivity index (χ2n) is 5.54. The van der Waals surface area contributed by atoms with Gasteiger partial charge in [-0.1, -0.05) is 0 Å². The highest BCUT2D eigenvalue weighted by molar-refractivity contribution is 6.01. The molecular formula is C14H18FN3O4. The van der Waals surface area contributed by atoms with Gasteiger partial charge < -0.3 is 15.7 Å². The number of rotatable bonds is 3. The Morgan fingerprint density at radius 3 is 2.86 bits per heavy atom. The number of likely N-dealkylation sites (tertiary alicyclic amines) is 1. The number of carbonyl (C=O) groups excluding carboxylic acids is 1. The fraction of sp³-hybridized carbons (Fsp3) is 0.500. The zero-order valence-corrected chi connectivity index (χ0v) is 12.2. The molecule has 0 saturated carbocycles. The van der Waals surface area contributed by atoms with Gasteiger partial charge in [-0.2, -0.15) is 0 Å². The molecule has 7 nitrogen and oxygen atoms in total. The van der Waals surface area contributed by atoms with Crippen molar-refractivity contribution in [1.82, 2.24) is 4.90 Å². The number of nitrogens with zero attached hydrogens (tertiary/aromatic N) is 2. The van der Waals surface area contributed by atoms with E-state index in [2.05, 4.69) is 0 Å². The van der Waals surface area contributed by atoms with Gasteiger partial charge in [0.1, 0.15) is 11.5 Å². The standard InChI is InChI=1S/C14H18FN3O4/c1-8(19)9-3-2-4-17(7-9)14(20)11-5-10(15)6-12(13(11)16)18(21)22/h5-6,8-9,19H,2-4,7,16H2,1H3. The van der Waals surface area contributed by atoms with Crippen LogP contribution in [0.1, 0.15) is 30.1 Å². The Bertz CT molecular complexity index is 606. The quantitative estimate of drug-likeness (QED) is 0.500. The lowest BCUT2D eigenvalue weighted by Crippen LogP contribution is -2.43. The van der Waals surface area contributed by atoms with Gasteiger partial charge in [-0.25, -0.2) is 4.39 Å². The summed E-state index contributed by atoms with van der Waals surface area (Å²) >= 11 is 0. The van der Waals surface area contributed by atoms with E-state index in [4.69, 9.17) is 5.73 Å². The van der Waals surface area contributed by atoms with Gasteiger partial charge in [0.2, 0.25) is 0 Å². The molecule has 3 N–H and O–H groups in total. The van der Waals surface area contributed by atoms with Crippen LogP contribution in [0.3, 0.4) is 0 Å². The van der Waals surface area contributed by atoms with E-state index in [0.717, 1.165) is 12.5 Å². The summed E-state index contributed by atoms with van der Waals surface area (Å²) in [6, 6.07) is 1.61. The summed E-state index contributed by atoms with van der Waals surface area (Å²) in [4.78, 5) is 24.0. The fourth-order valence-electron chi connectivity index (χ4n) is 2.69. The maximum atomic E-state index is 13.5. The molecule has 0 spiro atoms. The van der Waals surface area contributed by atoms with Crippen molar-refractivity contribution < 1.29 is 19.2 Å². The zero-order valence-electron chi connectivity index (χ0n) is 12.2. The number of carbonyl (C=O) groups is 1. The van der Waals surface area contributed by atoms with Crippen LogP contribution in [0.4, 0.5) is 15.8 Å². The van der Waals surface area contributed by atoms with Crippen molar-refractivity contribution in [2.45, 2.75) is 25.9 Å². The number of aliphatic hydroxyl groups excluding tert-OH is 1. The largest absolute Gasteiger partial charge is 0.393 e. The Morgan fingerprint density at radius 2 is 2.27 bits per heavy atom. The van der Waals surface area contributed by atoms with Crippen LogP contribution in [0.2, 0.25) is 0 Å². The minimum Gasteiger partial charge on any atom is -0.393 e. The lowest BCUT2D eigenvalue weighted by Gasteiger charge is -2.34. The van der Waals surface area contributed by atoms with Crippen molar-refractivity contribution in [1.29, 1.82) is 0 Å². The third kappa shape index (κ3) is 3.16. The van der Waals surface area contributed by atoms with Gasteiger partial charge in [0, 0.05) is 19.0 Å². The molecule has 0 aromatic heterocycles. The molecule has 2 rings (SSSR count). The van der Waals surface area contributed by atoms with Gasteiger partial charge in [0.25, 0.3) is 11.6 Å². The molecule has 2 unspecified atom stereocenters. The first kappa shape index (κ1) is 16.2. The lowest BCUT2D eigenvalue weighted by molar-refractivity contribution is -0.384.